The van der Waals surface area contributed by atoms with Gasteiger partial charge in [0.15, 0.2) is 0 Å². The summed E-state index contributed by atoms with van der Waals surface area (Å²) in [6, 6.07) is 12.1. The van der Waals surface area contributed by atoms with E-state index < -0.39 is 0 Å². The maximum Gasteiger partial charge on any atom is 0.137 e. The van der Waals surface area contributed by atoms with Crippen molar-refractivity contribution in [3.63, 3.8) is 0 Å². The van der Waals surface area contributed by atoms with Crippen LogP contribution in [0.2, 0.25) is 0 Å². The van der Waals surface area contributed by atoms with Crippen LogP contribution in [-0.2, 0) is 5.88 Å². The average Bonchev–Trinajstić information content (AvgIpc) is 2.39. The highest BCUT2D eigenvalue weighted by molar-refractivity contribution is 9.10. The minimum absolute atomic E-state index is 0.443. The van der Waals surface area contributed by atoms with Crippen LogP contribution in [-0.4, -0.2) is 12.0 Å². The molecule has 2 rings (SSSR count). The number of anilines is 2. The molecule has 0 fully saturated rings. The first kappa shape index (κ1) is 12.4. The second kappa shape index (κ2) is 5.52. The molecule has 0 aliphatic rings. The van der Waals surface area contributed by atoms with Crippen molar-refractivity contribution in [3.8, 4) is 0 Å². The molecule has 1 aromatic carbocycles. The number of alkyl halides is 1. The zero-order valence-corrected chi connectivity index (χ0v) is 11.7. The Bertz CT molecular complexity index is 502. The first-order valence-corrected chi connectivity index (χ1v) is 6.54. The Morgan fingerprint density at radius 1 is 1.29 bits per heavy atom. The Balaban J connectivity index is 2.40. The molecule has 1 heterocycles. The van der Waals surface area contributed by atoms with Gasteiger partial charge in [0.05, 0.1) is 5.88 Å². The van der Waals surface area contributed by atoms with Gasteiger partial charge in [-0.25, -0.2) is 4.98 Å². The number of para-hydroxylation sites is 1. The number of aromatic nitrogens is 1. The SMILES string of the molecule is CN(c1ccccc1)c1ncc(Br)cc1CCl. The summed E-state index contributed by atoms with van der Waals surface area (Å²) in [7, 11) is 1.99. The van der Waals surface area contributed by atoms with Gasteiger partial charge in [-0.1, -0.05) is 18.2 Å². The number of hydrogen-bond acceptors (Lipinski definition) is 2. The fraction of sp³-hybridized carbons (Fsp3) is 0.154. The summed E-state index contributed by atoms with van der Waals surface area (Å²) in [5.74, 6) is 1.33. The molecule has 0 aliphatic carbocycles. The van der Waals surface area contributed by atoms with Crippen LogP contribution in [0, 0.1) is 0 Å². The molecule has 0 atom stereocenters. The number of pyridine rings is 1. The first-order chi connectivity index (χ1) is 8.22. The van der Waals surface area contributed by atoms with Crippen molar-refractivity contribution in [2.75, 3.05) is 11.9 Å². The van der Waals surface area contributed by atoms with Crippen LogP contribution in [0.25, 0.3) is 0 Å². The summed E-state index contributed by atoms with van der Waals surface area (Å²) >= 11 is 9.35. The molecule has 0 N–H and O–H groups in total. The summed E-state index contributed by atoms with van der Waals surface area (Å²) in [5.41, 5.74) is 2.10. The quantitative estimate of drug-likeness (QED) is 0.783. The lowest BCUT2D eigenvalue weighted by Gasteiger charge is -2.20. The summed E-state index contributed by atoms with van der Waals surface area (Å²) in [5, 5.41) is 0. The van der Waals surface area contributed by atoms with Crippen molar-refractivity contribution in [1.82, 2.24) is 4.98 Å². The third kappa shape index (κ3) is 2.79. The van der Waals surface area contributed by atoms with Gasteiger partial charge in [0.1, 0.15) is 5.82 Å². The van der Waals surface area contributed by atoms with E-state index in [0.717, 1.165) is 21.5 Å². The van der Waals surface area contributed by atoms with E-state index in [4.69, 9.17) is 11.6 Å². The van der Waals surface area contributed by atoms with Crippen molar-refractivity contribution >= 4 is 39.0 Å². The number of benzene rings is 1. The maximum absolute atomic E-state index is 5.95. The smallest absolute Gasteiger partial charge is 0.137 e. The van der Waals surface area contributed by atoms with Gasteiger partial charge in [-0.2, -0.15) is 0 Å². The van der Waals surface area contributed by atoms with E-state index in [9.17, 15) is 0 Å². The van der Waals surface area contributed by atoms with Gasteiger partial charge in [0.25, 0.3) is 0 Å². The molecule has 0 spiro atoms. The van der Waals surface area contributed by atoms with Crippen LogP contribution >= 0.6 is 27.5 Å². The van der Waals surface area contributed by atoms with E-state index in [1.54, 1.807) is 6.20 Å². The predicted molar refractivity (Wildman–Crippen MR) is 76.0 cm³/mol. The Hall–Kier alpha value is -1.06. The molecule has 17 heavy (non-hydrogen) atoms. The van der Waals surface area contributed by atoms with E-state index in [1.165, 1.54) is 0 Å². The summed E-state index contributed by atoms with van der Waals surface area (Å²) in [6.07, 6.45) is 1.78. The van der Waals surface area contributed by atoms with Crippen molar-refractivity contribution < 1.29 is 0 Å². The Morgan fingerprint density at radius 3 is 2.65 bits per heavy atom. The molecule has 0 saturated heterocycles. The summed E-state index contributed by atoms with van der Waals surface area (Å²) in [6.45, 7) is 0. The van der Waals surface area contributed by atoms with Gasteiger partial charge < -0.3 is 4.90 Å². The predicted octanol–water partition coefficient (Wildman–Crippen LogP) is 4.35. The van der Waals surface area contributed by atoms with Gasteiger partial charge in [0, 0.05) is 29.0 Å². The molecule has 0 bridgehead atoms. The average molecular weight is 312 g/mol. The van der Waals surface area contributed by atoms with Gasteiger partial charge in [0.2, 0.25) is 0 Å². The minimum Gasteiger partial charge on any atom is -0.329 e. The lowest BCUT2D eigenvalue weighted by molar-refractivity contribution is 1.09. The zero-order valence-electron chi connectivity index (χ0n) is 9.40. The third-order valence-electron chi connectivity index (χ3n) is 2.51. The molecule has 2 aromatic rings. The Labute approximate surface area is 114 Å². The minimum atomic E-state index is 0.443. The van der Waals surface area contributed by atoms with Gasteiger partial charge in [-0.05, 0) is 34.1 Å². The van der Waals surface area contributed by atoms with E-state index in [1.807, 2.05) is 48.3 Å². The summed E-state index contributed by atoms with van der Waals surface area (Å²) < 4.78 is 0.943. The van der Waals surface area contributed by atoms with Crippen molar-refractivity contribution in [3.05, 3.63) is 52.6 Å². The van der Waals surface area contributed by atoms with Gasteiger partial charge in [-0.15, -0.1) is 11.6 Å². The fourth-order valence-electron chi connectivity index (χ4n) is 1.65. The van der Waals surface area contributed by atoms with Gasteiger partial charge >= 0.3 is 0 Å². The molecule has 2 nitrogen and oxygen atoms in total. The molecule has 0 saturated carbocycles. The second-order valence-corrected chi connectivity index (χ2v) is 4.85. The lowest BCUT2D eigenvalue weighted by atomic mass is 10.2. The first-order valence-electron chi connectivity index (χ1n) is 5.21. The standard InChI is InChI=1S/C13H12BrClN2/c1-17(12-5-3-2-4-6-12)13-10(8-15)7-11(14)9-16-13/h2-7,9H,8H2,1H3. The van der Waals surface area contributed by atoms with Crippen LogP contribution < -0.4 is 4.90 Å². The highest BCUT2D eigenvalue weighted by Crippen LogP contribution is 2.27. The highest BCUT2D eigenvalue weighted by Gasteiger charge is 2.10. The molecule has 4 heteroatoms. The number of nitrogens with zero attached hydrogens (tertiary/aromatic N) is 2. The lowest BCUT2D eigenvalue weighted by Crippen LogP contribution is -2.13. The van der Waals surface area contributed by atoms with E-state index >= 15 is 0 Å². The number of rotatable bonds is 3. The van der Waals surface area contributed by atoms with E-state index in [2.05, 4.69) is 20.9 Å². The highest BCUT2D eigenvalue weighted by atomic mass is 79.9. The van der Waals surface area contributed by atoms with E-state index in [-0.39, 0.29) is 0 Å². The molecule has 0 aliphatic heterocycles. The van der Waals surface area contributed by atoms with Crippen LogP contribution in [0.15, 0.2) is 47.1 Å². The van der Waals surface area contributed by atoms with Gasteiger partial charge in [-0.3, -0.25) is 0 Å². The third-order valence-corrected chi connectivity index (χ3v) is 3.24. The maximum atomic E-state index is 5.95. The monoisotopic (exact) mass is 310 g/mol. The fourth-order valence-corrected chi connectivity index (χ4v) is 2.22. The summed E-state index contributed by atoms with van der Waals surface area (Å²) in [4.78, 5) is 6.45. The largest absolute Gasteiger partial charge is 0.329 e. The van der Waals surface area contributed by atoms with Crippen molar-refractivity contribution in [1.29, 1.82) is 0 Å². The number of halogens is 2. The van der Waals surface area contributed by atoms with Crippen LogP contribution in [0.4, 0.5) is 11.5 Å². The van der Waals surface area contributed by atoms with Crippen molar-refractivity contribution in [2.45, 2.75) is 5.88 Å². The molecule has 88 valence electrons. The second-order valence-electron chi connectivity index (χ2n) is 3.66. The van der Waals surface area contributed by atoms with Crippen LogP contribution in [0.1, 0.15) is 5.56 Å². The Kier molecular flexibility index (Phi) is 4.02. The molecule has 0 amide bonds. The molecule has 0 unspecified atom stereocenters. The number of hydrogen-bond donors (Lipinski definition) is 0. The zero-order chi connectivity index (χ0) is 12.3. The molecule has 0 radical (unpaired) electrons. The van der Waals surface area contributed by atoms with Crippen LogP contribution in [0.3, 0.4) is 0 Å². The Morgan fingerprint density at radius 2 is 2.00 bits per heavy atom. The van der Waals surface area contributed by atoms with Crippen LogP contribution in [0.5, 0.6) is 0 Å². The van der Waals surface area contributed by atoms with E-state index in [0.29, 0.717) is 5.88 Å². The van der Waals surface area contributed by atoms with Crippen molar-refractivity contribution in [2.24, 2.45) is 0 Å². The molecule has 1 aromatic heterocycles. The molecular weight excluding hydrogens is 300 g/mol. The normalized spacial score (nSPS) is 10.3. The topological polar surface area (TPSA) is 16.1 Å². The molecular formula is C13H12BrClN2.